The molecular weight excluding hydrogens is 268 g/mol. The van der Waals surface area contributed by atoms with Crippen molar-refractivity contribution >= 4 is 11.7 Å². The monoisotopic (exact) mass is 296 g/mol. The Kier molecular flexibility index (Phi) is 5.85. The van der Waals surface area contributed by atoms with Gasteiger partial charge in [-0.25, -0.2) is 0 Å². The number of hydrogen-bond donors (Lipinski definition) is 2. The van der Waals surface area contributed by atoms with Crippen molar-refractivity contribution in [2.24, 2.45) is 16.8 Å². The van der Waals surface area contributed by atoms with Crippen LogP contribution in [0.4, 0.5) is 0 Å². The van der Waals surface area contributed by atoms with Crippen LogP contribution in [0.2, 0.25) is 0 Å². The number of rotatable bonds is 6. The van der Waals surface area contributed by atoms with Gasteiger partial charge in [0, 0.05) is 32.6 Å². The lowest BCUT2D eigenvalue weighted by molar-refractivity contribution is -0.134. The van der Waals surface area contributed by atoms with Crippen molar-refractivity contribution in [3.63, 3.8) is 0 Å². The van der Waals surface area contributed by atoms with Crippen molar-refractivity contribution in [2.75, 3.05) is 26.2 Å². The SMILES string of the molecule is CCCC(C(N)=NO)N1CCN(C(=O)CC2CCC2)CC1. The molecule has 0 radical (unpaired) electrons. The zero-order valence-electron chi connectivity index (χ0n) is 13.0. The first-order valence-electron chi connectivity index (χ1n) is 8.15. The van der Waals surface area contributed by atoms with Gasteiger partial charge in [-0.3, -0.25) is 9.69 Å². The molecule has 1 atom stereocenters. The summed E-state index contributed by atoms with van der Waals surface area (Å²) in [6.45, 7) is 5.21. The van der Waals surface area contributed by atoms with E-state index in [1.165, 1.54) is 19.3 Å². The Balaban J connectivity index is 1.81. The van der Waals surface area contributed by atoms with Crippen molar-refractivity contribution < 1.29 is 10.0 Å². The van der Waals surface area contributed by atoms with Gasteiger partial charge in [-0.15, -0.1) is 0 Å². The summed E-state index contributed by atoms with van der Waals surface area (Å²) in [5.74, 6) is 1.21. The summed E-state index contributed by atoms with van der Waals surface area (Å²) in [4.78, 5) is 16.4. The lowest BCUT2D eigenvalue weighted by Gasteiger charge is -2.39. The van der Waals surface area contributed by atoms with Crippen molar-refractivity contribution in [3.8, 4) is 0 Å². The molecule has 1 saturated heterocycles. The Morgan fingerprint density at radius 3 is 2.48 bits per heavy atom. The van der Waals surface area contributed by atoms with E-state index in [4.69, 9.17) is 10.9 Å². The highest BCUT2D eigenvalue weighted by Crippen LogP contribution is 2.30. The zero-order chi connectivity index (χ0) is 15.2. The summed E-state index contributed by atoms with van der Waals surface area (Å²) in [5, 5.41) is 12.1. The molecule has 1 amide bonds. The van der Waals surface area contributed by atoms with Crippen LogP contribution in [0.15, 0.2) is 5.16 Å². The summed E-state index contributed by atoms with van der Waals surface area (Å²) < 4.78 is 0. The van der Waals surface area contributed by atoms with Gasteiger partial charge in [0.05, 0.1) is 6.04 Å². The van der Waals surface area contributed by atoms with Gasteiger partial charge in [-0.1, -0.05) is 24.9 Å². The lowest BCUT2D eigenvalue weighted by atomic mass is 9.82. The zero-order valence-corrected chi connectivity index (χ0v) is 13.0. The van der Waals surface area contributed by atoms with Crippen molar-refractivity contribution in [2.45, 2.75) is 51.5 Å². The molecule has 3 N–H and O–H groups in total. The van der Waals surface area contributed by atoms with Crippen LogP contribution >= 0.6 is 0 Å². The van der Waals surface area contributed by atoms with Gasteiger partial charge in [0.15, 0.2) is 5.84 Å². The highest BCUT2D eigenvalue weighted by molar-refractivity contribution is 5.85. The summed E-state index contributed by atoms with van der Waals surface area (Å²) in [5.41, 5.74) is 5.80. The molecule has 0 aromatic carbocycles. The number of nitrogens with zero attached hydrogens (tertiary/aromatic N) is 3. The molecule has 120 valence electrons. The third-order valence-electron chi connectivity index (χ3n) is 4.81. The van der Waals surface area contributed by atoms with Crippen LogP contribution in [0.5, 0.6) is 0 Å². The number of carbonyl (C=O) groups is 1. The maximum absolute atomic E-state index is 12.2. The third kappa shape index (κ3) is 4.09. The minimum Gasteiger partial charge on any atom is -0.409 e. The van der Waals surface area contributed by atoms with Crippen LogP contribution in [-0.4, -0.2) is 59.0 Å². The number of piperazine rings is 1. The number of amides is 1. The molecule has 1 aliphatic heterocycles. The maximum atomic E-state index is 12.2. The first-order valence-corrected chi connectivity index (χ1v) is 8.15. The predicted octanol–water partition coefficient (Wildman–Crippen LogP) is 1.24. The Hall–Kier alpha value is -1.30. The number of carbonyl (C=O) groups excluding carboxylic acids is 1. The molecule has 1 saturated carbocycles. The molecule has 1 unspecified atom stereocenters. The van der Waals surface area contributed by atoms with E-state index >= 15 is 0 Å². The summed E-state index contributed by atoms with van der Waals surface area (Å²) in [6, 6.07) is -0.0103. The second-order valence-electron chi connectivity index (χ2n) is 6.25. The van der Waals surface area contributed by atoms with Gasteiger partial charge < -0.3 is 15.8 Å². The van der Waals surface area contributed by atoms with E-state index < -0.39 is 0 Å². The van der Waals surface area contributed by atoms with Gasteiger partial charge in [0.1, 0.15) is 0 Å². The minimum absolute atomic E-state index is 0.0103. The lowest BCUT2D eigenvalue weighted by Crippen LogP contribution is -2.55. The van der Waals surface area contributed by atoms with Crippen molar-refractivity contribution in [3.05, 3.63) is 0 Å². The van der Waals surface area contributed by atoms with Gasteiger partial charge >= 0.3 is 0 Å². The Morgan fingerprint density at radius 1 is 1.33 bits per heavy atom. The Morgan fingerprint density at radius 2 is 2.00 bits per heavy atom. The molecule has 2 aliphatic rings. The molecule has 0 spiro atoms. The molecule has 21 heavy (non-hydrogen) atoms. The molecular formula is C15H28N4O2. The fourth-order valence-electron chi connectivity index (χ4n) is 3.21. The van der Waals surface area contributed by atoms with E-state index in [0.29, 0.717) is 11.8 Å². The van der Waals surface area contributed by atoms with E-state index in [9.17, 15) is 4.79 Å². The van der Waals surface area contributed by atoms with Gasteiger partial charge in [0.2, 0.25) is 5.91 Å². The molecule has 0 bridgehead atoms. The molecule has 2 fully saturated rings. The summed E-state index contributed by atoms with van der Waals surface area (Å²) in [7, 11) is 0. The van der Waals surface area contributed by atoms with Crippen LogP contribution in [0.1, 0.15) is 45.4 Å². The van der Waals surface area contributed by atoms with E-state index in [-0.39, 0.29) is 11.9 Å². The summed E-state index contributed by atoms with van der Waals surface area (Å²) in [6.07, 6.45) is 6.30. The first kappa shape index (κ1) is 16.1. The predicted molar refractivity (Wildman–Crippen MR) is 82.2 cm³/mol. The molecule has 2 rings (SSSR count). The fourth-order valence-corrected chi connectivity index (χ4v) is 3.21. The Labute approximate surface area is 127 Å². The van der Waals surface area contributed by atoms with Crippen molar-refractivity contribution in [1.29, 1.82) is 0 Å². The normalized spacial score (nSPS) is 22.9. The standard InChI is InChI=1S/C15H28N4O2/c1-2-4-13(15(16)17-21)18-7-9-19(10-8-18)14(20)11-12-5-3-6-12/h12-13,21H,2-11H2,1H3,(H2,16,17). The van der Waals surface area contributed by atoms with Crippen molar-refractivity contribution in [1.82, 2.24) is 9.80 Å². The maximum Gasteiger partial charge on any atom is 0.222 e. The van der Waals surface area contributed by atoms with E-state index in [0.717, 1.165) is 45.4 Å². The van der Waals surface area contributed by atoms with Gasteiger partial charge in [-0.05, 0) is 25.2 Å². The molecule has 0 aromatic rings. The highest BCUT2D eigenvalue weighted by atomic mass is 16.4. The minimum atomic E-state index is -0.0103. The number of amidine groups is 1. The largest absolute Gasteiger partial charge is 0.409 e. The second kappa shape index (κ2) is 7.64. The van der Waals surface area contributed by atoms with E-state index in [1.54, 1.807) is 0 Å². The number of hydrogen-bond acceptors (Lipinski definition) is 4. The van der Waals surface area contributed by atoms with E-state index in [2.05, 4.69) is 17.0 Å². The van der Waals surface area contributed by atoms with E-state index in [1.807, 2.05) is 4.90 Å². The first-order chi connectivity index (χ1) is 10.2. The number of nitrogens with two attached hydrogens (primary N) is 1. The Bertz CT molecular complexity index is 374. The average Bonchev–Trinajstić information content (AvgIpc) is 2.47. The van der Waals surface area contributed by atoms with Crippen LogP contribution in [0, 0.1) is 5.92 Å². The van der Waals surface area contributed by atoms with Crippen LogP contribution in [0.25, 0.3) is 0 Å². The summed E-state index contributed by atoms with van der Waals surface area (Å²) >= 11 is 0. The second-order valence-corrected chi connectivity index (χ2v) is 6.25. The molecule has 1 heterocycles. The average molecular weight is 296 g/mol. The van der Waals surface area contributed by atoms with Gasteiger partial charge in [0.25, 0.3) is 0 Å². The van der Waals surface area contributed by atoms with Crippen LogP contribution < -0.4 is 5.73 Å². The quantitative estimate of drug-likeness (QED) is 0.334. The topological polar surface area (TPSA) is 82.2 Å². The highest BCUT2D eigenvalue weighted by Gasteiger charge is 2.29. The molecule has 1 aliphatic carbocycles. The van der Waals surface area contributed by atoms with Gasteiger partial charge in [-0.2, -0.15) is 0 Å². The number of oxime groups is 1. The molecule has 6 heteroatoms. The van der Waals surface area contributed by atoms with Crippen LogP contribution in [0.3, 0.4) is 0 Å². The smallest absolute Gasteiger partial charge is 0.222 e. The molecule has 0 aromatic heterocycles. The van der Waals surface area contributed by atoms with Crippen LogP contribution in [-0.2, 0) is 4.79 Å². The fraction of sp³-hybridized carbons (Fsp3) is 0.867. The molecule has 6 nitrogen and oxygen atoms in total. The third-order valence-corrected chi connectivity index (χ3v) is 4.81.